The lowest BCUT2D eigenvalue weighted by atomic mass is 9.88. The van der Waals surface area contributed by atoms with Gasteiger partial charge in [0.1, 0.15) is 0 Å². The average molecular weight is 172 g/mol. The minimum atomic E-state index is -1.20. The number of ether oxygens (including phenoxy) is 1. The molecule has 0 aliphatic heterocycles. The summed E-state index contributed by atoms with van der Waals surface area (Å²) in [6, 6.07) is 0. The molecule has 12 heavy (non-hydrogen) atoms. The Morgan fingerprint density at radius 3 is 2.33 bits per heavy atom. The number of hydrogen-bond acceptors (Lipinski definition) is 3. The molecule has 70 valence electrons. The molecule has 1 aliphatic carbocycles. The highest BCUT2D eigenvalue weighted by atomic mass is 16.5. The molecule has 0 spiro atoms. The van der Waals surface area contributed by atoms with Crippen LogP contribution in [0.4, 0.5) is 0 Å². The predicted octanol–water partition coefficient (Wildman–Crippen LogP) is 0.956. The van der Waals surface area contributed by atoms with Crippen molar-refractivity contribution >= 4 is 5.97 Å². The van der Waals surface area contributed by atoms with Gasteiger partial charge in [-0.2, -0.15) is 0 Å². The molecule has 1 fully saturated rings. The Morgan fingerprint density at radius 1 is 1.58 bits per heavy atom. The van der Waals surface area contributed by atoms with Crippen LogP contribution in [0.3, 0.4) is 0 Å². The Morgan fingerprint density at radius 2 is 2.08 bits per heavy atom. The fraction of sp³-hybridized carbons (Fsp3) is 0.889. The molecule has 1 rings (SSSR count). The largest absolute Gasteiger partial charge is 0.467 e. The predicted molar refractivity (Wildman–Crippen MR) is 44.5 cm³/mol. The zero-order chi connectivity index (χ0) is 9.57. The molecule has 1 N–H and O–H groups in total. The van der Waals surface area contributed by atoms with Gasteiger partial charge in [0.05, 0.1) is 7.11 Å². The third-order valence-electron chi connectivity index (χ3n) is 2.52. The molecular weight excluding hydrogens is 156 g/mol. The monoisotopic (exact) mass is 172 g/mol. The van der Waals surface area contributed by atoms with Crippen molar-refractivity contribution in [2.45, 2.75) is 32.8 Å². The standard InChI is InChI=1S/C9H16O3/c1-8(2,3)6-5-9(6,11)7(10)12-4/h6,11H,5H2,1-4H3/t6-,9-/m1/s1. The van der Waals surface area contributed by atoms with Crippen molar-refractivity contribution in [2.75, 3.05) is 7.11 Å². The van der Waals surface area contributed by atoms with Gasteiger partial charge < -0.3 is 9.84 Å². The van der Waals surface area contributed by atoms with Gasteiger partial charge in [0, 0.05) is 5.92 Å². The summed E-state index contributed by atoms with van der Waals surface area (Å²) in [5.74, 6) is -0.458. The summed E-state index contributed by atoms with van der Waals surface area (Å²) >= 11 is 0. The summed E-state index contributed by atoms with van der Waals surface area (Å²) < 4.78 is 4.51. The van der Waals surface area contributed by atoms with Crippen LogP contribution in [0.5, 0.6) is 0 Å². The van der Waals surface area contributed by atoms with Gasteiger partial charge in [-0.25, -0.2) is 4.79 Å². The van der Waals surface area contributed by atoms with Crippen LogP contribution in [0.15, 0.2) is 0 Å². The van der Waals surface area contributed by atoms with Crippen molar-refractivity contribution in [3.63, 3.8) is 0 Å². The smallest absolute Gasteiger partial charge is 0.338 e. The maximum absolute atomic E-state index is 11.1. The first kappa shape index (κ1) is 9.52. The Kier molecular flexibility index (Phi) is 1.95. The van der Waals surface area contributed by atoms with Gasteiger partial charge in [-0.3, -0.25) is 0 Å². The van der Waals surface area contributed by atoms with Crippen LogP contribution in [0.1, 0.15) is 27.2 Å². The normalized spacial score (nSPS) is 34.6. The van der Waals surface area contributed by atoms with Gasteiger partial charge in [-0.15, -0.1) is 0 Å². The molecular formula is C9H16O3. The number of carbonyl (C=O) groups is 1. The molecule has 0 amide bonds. The Hall–Kier alpha value is -0.570. The molecule has 0 bridgehead atoms. The minimum Gasteiger partial charge on any atom is -0.467 e. The van der Waals surface area contributed by atoms with Gasteiger partial charge in [-0.05, 0) is 11.8 Å². The second-order valence-corrected chi connectivity index (χ2v) is 4.54. The molecule has 0 radical (unpaired) electrons. The van der Waals surface area contributed by atoms with E-state index in [1.54, 1.807) is 0 Å². The highest BCUT2D eigenvalue weighted by Gasteiger charge is 2.64. The van der Waals surface area contributed by atoms with E-state index >= 15 is 0 Å². The summed E-state index contributed by atoms with van der Waals surface area (Å²) in [6.07, 6.45) is 0.531. The van der Waals surface area contributed by atoms with Crippen molar-refractivity contribution in [1.82, 2.24) is 0 Å². The molecule has 0 aromatic heterocycles. The number of aliphatic hydroxyl groups is 1. The number of hydrogen-bond donors (Lipinski definition) is 1. The molecule has 0 saturated heterocycles. The molecule has 0 unspecified atom stereocenters. The molecule has 3 nitrogen and oxygen atoms in total. The SMILES string of the molecule is COC(=O)[C@@]1(O)C[C@@H]1C(C)(C)C. The van der Waals surface area contributed by atoms with Crippen LogP contribution in [0, 0.1) is 11.3 Å². The first-order valence-corrected chi connectivity index (χ1v) is 4.13. The van der Waals surface area contributed by atoms with Gasteiger partial charge in [0.2, 0.25) is 0 Å². The molecule has 1 saturated carbocycles. The average Bonchev–Trinajstić information content (AvgIpc) is 2.61. The second-order valence-electron chi connectivity index (χ2n) is 4.54. The van der Waals surface area contributed by atoms with Crippen LogP contribution in [0.25, 0.3) is 0 Å². The van der Waals surface area contributed by atoms with Gasteiger partial charge in [0.15, 0.2) is 5.60 Å². The van der Waals surface area contributed by atoms with Crippen molar-refractivity contribution < 1.29 is 14.6 Å². The van der Waals surface area contributed by atoms with E-state index < -0.39 is 11.6 Å². The lowest BCUT2D eigenvalue weighted by molar-refractivity contribution is -0.154. The van der Waals surface area contributed by atoms with E-state index in [-0.39, 0.29) is 11.3 Å². The molecule has 0 heterocycles. The van der Waals surface area contributed by atoms with Gasteiger partial charge >= 0.3 is 5.97 Å². The zero-order valence-electron chi connectivity index (χ0n) is 8.05. The third kappa shape index (κ3) is 1.33. The molecule has 2 atom stereocenters. The van der Waals surface area contributed by atoms with E-state index in [2.05, 4.69) is 4.74 Å². The van der Waals surface area contributed by atoms with E-state index in [4.69, 9.17) is 0 Å². The van der Waals surface area contributed by atoms with Crippen LogP contribution >= 0.6 is 0 Å². The molecule has 3 heteroatoms. The number of methoxy groups -OCH3 is 1. The lowest BCUT2D eigenvalue weighted by Gasteiger charge is -2.19. The highest BCUT2D eigenvalue weighted by molar-refractivity contribution is 5.83. The van der Waals surface area contributed by atoms with E-state index in [0.717, 1.165) is 0 Å². The Balaban J connectivity index is 2.66. The summed E-state index contributed by atoms with van der Waals surface area (Å²) in [7, 11) is 1.30. The molecule has 1 aliphatic rings. The highest BCUT2D eigenvalue weighted by Crippen LogP contribution is 2.54. The maximum Gasteiger partial charge on any atom is 0.338 e. The van der Waals surface area contributed by atoms with Crippen LogP contribution in [-0.4, -0.2) is 23.8 Å². The second kappa shape index (κ2) is 2.46. The van der Waals surface area contributed by atoms with Crippen molar-refractivity contribution in [2.24, 2.45) is 11.3 Å². The summed E-state index contributed by atoms with van der Waals surface area (Å²) in [5, 5.41) is 9.72. The summed E-state index contributed by atoms with van der Waals surface area (Å²) in [6.45, 7) is 6.04. The topological polar surface area (TPSA) is 46.5 Å². The van der Waals surface area contributed by atoms with Crippen LogP contribution in [0.2, 0.25) is 0 Å². The zero-order valence-corrected chi connectivity index (χ0v) is 8.05. The summed E-state index contributed by atoms with van der Waals surface area (Å²) in [5.41, 5.74) is -1.23. The first-order chi connectivity index (χ1) is 5.32. The maximum atomic E-state index is 11.1. The van der Waals surface area contributed by atoms with E-state index in [1.807, 2.05) is 20.8 Å². The van der Waals surface area contributed by atoms with E-state index in [1.165, 1.54) is 7.11 Å². The number of carbonyl (C=O) groups excluding carboxylic acids is 1. The van der Waals surface area contributed by atoms with Crippen molar-refractivity contribution in [1.29, 1.82) is 0 Å². The fourth-order valence-electron chi connectivity index (χ4n) is 1.68. The van der Waals surface area contributed by atoms with Gasteiger partial charge in [-0.1, -0.05) is 20.8 Å². The Labute approximate surface area is 72.7 Å². The molecule has 0 aromatic rings. The van der Waals surface area contributed by atoms with Crippen LogP contribution < -0.4 is 0 Å². The molecule has 0 aromatic carbocycles. The third-order valence-corrected chi connectivity index (χ3v) is 2.52. The van der Waals surface area contributed by atoms with E-state index in [9.17, 15) is 9.90 Å². The first-order valence-electron chi connectivity index (χ1n) is 4.13. The lowest BCUT2D eigenvalue weighted by Crippen LogP contribution is -2.30. The van der Waals surface area contributed by atoms with Crippen LogP contribution in [-0.2, 0) is 9.53 Å². The van der Waals surface area contributed by atoms with Crippen molar-refractivity contribution in [3.05, 3.63) is 0 Å². The Bertz CT molecular complexity index is 204. The fourth-order valence-corrected chi connectivity index (χ4v) is 1.68. The van der Waals surface area contributed by atoms with Crippen molar-refractivity contribution in [3.8, 4) is 0 Å². The summed E-state index contributed by atoms with van der Waals surface area (Å²) in [4.78, 5) is 11.1. The van der Waals surface area contributed by atoms with Gasteiger partial charge in [0.25, 0.3) is 0 Å². The minimum absolute atomic E-state index is 0.0249. The quantitative estimate of drug-likeness (QED) is 0.599. The number of esters is 1. The van der Waals surface area contributed by atoms with E-state index in [0.29, 0.717) is 6.42 Å². The number of rotatable bonds is 1.